The zero-order valence-corrected chi connectivity index (χ0v) is 10.2. The molecule has 0 atom stereocenters. The SMILES string of the molecule is N#CCCn1cc(-c2cccc(Br)c2)cn1. The molecule has 2 aromatic rings. The molecule has 0 saturated carbocycles. The average molecular weight is 276 g/mol. The molecule has 0 radical (unpaired) electrons. The van der Waals surface area contributed by atoms with Crippen LogP contribution in [-0.4, -0.2) is 9.78 Å². The van der Waals surface area contributed by atoms with Crippen molar-refractivity contribution in [3.63, 3.8) is 0 Å². The molecule has 0 fully saturated rings. The molecule has 3 nitrogen and oxygen atoms in total. The topological polar surface area (TPSA) is 41.6 Å². The number of hydrogen-bond donors (Lipinski definition) is 0. The second-order valence-corrected chi connectivity index (χ2v) is 4.33. The van der Waals surface area contributed by atoms with Gasteiger partial charge < -0.3 is 0 Å². The normalized spacial score (nSPS) is 10.0. The first kappa shape index (κ1) is 10.9. The molecule has 1 heterocycles. The summed E-state index contributed by atoms with van der Waals surface area (Å²) in [5.41, 5.74) is 2.19. The standard InChI is InChI=1S/C12H10BrN3/c13-12-4-1-3-10(7-12)11-8-15-16(9-11)6-2-5-14/h1,3-4,7-9H,2,6H2. The van der Waals surface area contributed by atoms with Crippen LogP contribution in [0.5, 0.6) is 0 Å². The molecule has 2 rings (SSSR count). The molecule has 0 aliphatic heterocycles. The molecule has 0 saturated heterocycles. The minimum Gasteiger partial charge on any atom is -0.271 e. The number of hydrogen-bond acceptors (Lipinski definition) is 2. The number of aryl methyl sites for hydroxylation is 1. The third-order valence-corrected chi connectivity index (χ3v) is 2.74. The number of nitriles is 1. The number of aromatic nitrogens is 2. The van der Waals surface area contributed by atoms with Gasteiger partial charge in [-0.3, -0.25) is 4.68 Å². The third-order valence-electron chi connectivity index (χ3n) is 2.24. The highest BCUT2D eigenvalue weighted by atomic mass is 79.9. The summed E-state index contributed by atoms with van der Waals surface area (Å²) < 4.78 is 2.84. The quantitative estimate of drug-likeness (QED) is 0.863. The Balaban J connectivity index is 2.22. The van der Waals surface area contributed by atoms with Gasteiger partial charge in [0.1, 0.15) is 0 Å². The van der Waals surface area contributed by atoms with E-state index in [1.165, 1.54) is 0 Å². The fraction of sp³-hybridized carbons (Fsp3) is 0.167. The van der Waals surface area contributed by atoms with Gasteiger partial charge in [-0.1, -0.05) is 28.1 Å². The van der Waals surface area contributed by atoms with Crippen LogP contribution in [0.4, 0.5) is 0 Å². The summed E-state index contributed by atoms with van der Waals surface area (Å²) in [6.45, 7) is 0.643. The van der Waals surface area contributed by atoms with E-state index in [0.717, 1.165) is 15.6 Å². The molecule has 0 spiro atoms. The van der Waals surface area contributed by atoms with E-state index >= 15 is 0 Å². The molecule has 1 aromatic carbocycles. The Kier molecular flexibility index (Phi) is 3.37. The van der Waals surface area contributed by atoms with Gasteiger partial charge in [-0.25, -0.2) is 0 Å². The number of nitrogens with zero attached hydrogens (tertiary/aromatic N) is 3. The lowest BCUT2D eigenvalue weighted by atomic mass is 10.1. The first-order chi connectivity index (χ1) is 7.79. The predicted molar refractivity (Wildman–Crippen MR) is 65.6 cm³/mol. The van der Waals surface area contributed by atoms with Crippen molar-refractivity contribution in [1.29, 1.82) is 5.26 Å². The second-order valence-electron chi connectivity index (χ2n) is 3.41. The highest BCUT2D eigenvalue weighted by molar-refractivity contribution is 9.10. The van der Waals surface area contributed by atoms with E-state index < -0.39 is 0 Å². The van der Waals surface area contributed by atoms with Crippen LogP contribution in [0.2, 0.25) is 0 Å². The number of halogens is 1. The fourth-order valence-electron chi connectivity index (χ4n) is 1.47. The predicted octanol–water partition coefficient (Wildman–Crippen LogP) is 3.23. The summed E-state index contributed by atoms with van der Waals surface area (Å²) in [4.78, 5) is 0. The molecule has 0 unspecified atom stereocenters. The summed E-state index contributed by atoms with van der Waals surface area (Å²) in [5, 5.41) is 12.7. The van der Waals surface area contributed by atoms with Crippen molar-refractivity contribution in [2.24, 2.45) is 0 Å². The Morgan fingerprint density at radius 1 is 1.38 bits per heavy atom. The molecule has 4 heteroatoms. The van der Waals surface area contributed by atoms with E-state index in [0.29, 0.717) is 13.0 Å². The molecular formula is C12H10BrN3. The highest BCUT2D eigenvalue weighted by Gasteiger charge is 2.01. The van der Waals surface area contributed by atoms with Crippen LogP contribution in [0, 0.1) is 11.3 Å². The molecule has 80 valence electrons. The summed E-state index contributed by atoms with van der Waals surface area (Å²) in [5.74, 6) is 0. The highest BCUT2D eigenvalue weighted by Crippen LogP contribution is 2.22. The Morgan fingerprint density at radius 3 is 3.00 bits per heavy atom. The van der Waals surface area contributed by atoms with Crippen LogP contribution < -0.4 is 0 Å². The van der Waals surface area contributed by atoms with Crippen molar-refractivity contribution in [3.05, 3.63) is 41.1 Å². The molecule has 0 N–H and O–H groups in total. The van der Waals surface area contributed by atoms with Crippen LogP contribution >= 0.6 is 15.9 Å². The molecule has 0 amide bonds. The van der Waals surface area contributed by atoms with Crippen molar-refractivity contribution in [2.45, 2.75) is 13.0 Å². The van der Waals surface area contributed by atoms with E-state index in [2.05, 4.69) is 27.1 Å². The van der Waals surface area contributed by atoms with Gasteiger partial charge in [0.15, 0.2) is 0 Å². The lowest BCUT2D eigenvalue weighted by molar-refractivity contribution is 0.628. The van der Waals surface area contributed by atoms with E-state index in [9.17, 15) is 0 Å². The molecule has 0 bridgehead atoms. The lowest BCUT2D eigenvalue weighted by Gasteiger charge is -1.97. The van der Waals surface area contributed by atoms with E-state index in [4.69, 9.17) is 5.26 Å². The van der Waals surface area contributed by atoms with E-state index in [-0.39, 0.29) is 0 Å². The smallest absolute Gasteiger partial charge is 0.0641 e. The summed E-state index contributed by atoms with van der Waals surface area (Å²) in [6, 6.07) is 10.2. The van der Waals surface area contributed by atoms with E-state index in [1.54, 1.807) is 4.68 Å². The zero-order chi connectivity index (χ0) is 11.4. The fourth-order valence-corrected chi connectivity index (χ4v) is 1.87. The third kappa shape index (κ3) is 2.50. The minimum absolute atomic E-state index is 0.486. The van der Waals surface area contributed by atoms with Crippen molar-refractivity contribution >= 4 is 15.9 Å². The van der Waals surface area contributed by atoms with Crippen molar-refractivity contribution in [2.75, 3.05) is 0 Å². The number of benzene rings is 1. The zero-order valence-electron chi connectivity index (χ0n) is 8.60. The van der Waals surface area contributed by atoms with Gasteiger partial charge in [0.2, 0.25) is 0 Å². The van der Waals surface area contributed by atoms with Crippen LogP contribution in [0.3, 0.4) is 0 Å². The van der Waals surface area contributed by atoms with Crippen molar-refractivity contribution < 1.29 is 0 Å². The Labute approximate surface area is 102 Å². The van der Waals surface area contributed by atoms with Crippen LogP contribution in [0.1, 0.15) is 6.42 Å². The van der Waals surface area contributed by atoms with E-state index in [1.807, 2.05) is 36.7 Å². The summed E-state index contributed by atoms with van der Waals surface area (Å²) in [7, 11) is 0. The average Bonchev–Trinajstić information content (AvgIpc) is 2.75. The van der Waals surface area contributed by atoms with Gasteiger partial charge in [-0.15, -0.1) is 0 Å². The summed E-state index contributed by atoms with van der Waals surface area (Å²) in [6.07, 6.45) is 4.26. The first-order valence-corrected chi connectivity index (χ1v) is 5.74. The Bertz CT molecular complexity index is 525. The van der Waals surface area contributed by atoms with Gasteiger partial charge in [0.05, 0.1) is 25.2 Å². The lowest BCUT2D eigenvalue weighted by Crippen LogP contribution is -1.96. The van der Waals surface area contributed by atoms with Crippen LogP contribution in [0.25, 0.3) is 11.1 Å². The van der Waals surface area contributed by atoms with Gasteiger partial charge in [-0.2, -0.15) is 10.4 Å². The maximum absolute atomic E-state index is 8.49. The van der Waals surface area contributed by atoms with Gasteiger partial charge in [0.25, 0.3) is 0 Å². The molecule has 16 heavy (non-hydrogen) atoms. The first-order valence-electron chi connectivity index (χ1n) is 4.95. The molecule has 0 aliphatic rings. The Morgan fingerprint density at radius 2 is 2.25 bits per heavy atom. The largest absolute Gasteiger partial charge is 0.271 e. The maximum atomic E-state index is 8.49. The molecule has 1 aromatic heterocycles. The summed E-state index contributed by atoms with van der Waals surface area (Å²) >= 11 is 3.44. The van der Waals surface area contributed by atoms with Crippen LogP contribution in [0.15, 0.2) is 41.1 Å². The second kappa shape index (κ2) is 4.95. The molecular weight excluding hydrogens is 266 g/mol. The van der Waals surface area contributed by atoms with Gasteiger partial charge in [0, 0.05) is 16.2 Å². The number of rotatable bonds is 3. The maximum Gasteiger partial charge on any atom is 0.0641 e. The monoisotopic (exact) mass is 275 g/mol. The molecule has 0 aliphatic carbocycles. The van der Waals surface area contributed by atoms with Crippen LogP contribution in [-0.2, 0) is 6.54 Å². The van der Waals surface area contributed by atoms with Crippen molar-refractivity contribution in [1.82, 2.24) is 9.78 Å². The van der Waals surface area contributed by atoms with Gasteiger partial charge >= 0.3 is 0 Å². The minimum atomic E-state index is 0.486. The Hall–Kier alpha value is -1.60. The van der Waals surface area contributed by atoms with Gasteiger partial charge in [-0.05, 0) is 17.7 Å². The van der Waals surface area contributed by atoms with Crippen molar-refractivity contribution in [3.8, 4) is 17.2 Å².